The molecule has 6 heteroatoms. The molecule has 1 aromatic carbocycles. The second-order valence-electron chi connectivity index (χ2n) is 7.38. The van der Waals surface area contributed by atoms with E-state index in [1.165, 1.54) is 17.5 Å². The number of aryl methyl sites for hydroxylation is 2. The van der Waals surface area contributed by atoms with Crippen molar-refractivity contribution in [3.05, 3.63) is 52.7 Å². The normalized spacial score (nSPS) is 17.7. The van der Waals surface area contributed by atoms with Crippen molar-refractivity contribution in [2.24, 2.45) is 0 Å². The summed E-state index contributed by atoms with van der Waals surface area (Å²) >= 11 is 0. The summed E-state index contributed by atoms with van der Waals surface area (Å²) in [6.45, 7) is 5.86. The highest BCUT2D eigenvalue weighted by Crippen LogP contribution is 2.41. The van der Waals surface area contributed by atoms with E-state index >= 15 is 0 Å². The summed E-state index contributed by atoms with van der Waals surface area (Å²) in [6, 6.07) is 6.33. The molecule has 26 heavy (non-hydrogen) atoms. The van der Waals surface area contributed by atoms with Gasteiger partial charge in [0.25, 0.3) is 5.91 Å². The SMILES string of the molecule is Cc1cc(C)cc(CN2CCN(C(=O)c3ncoc3C3CC3)CC2=O)c1. The summed E-state index contributed by atoms with van der Waals surface area (Å²) < 4.78 is 5.40. The summed E-state index contributed by atoms with van der Waals surface area (Å²) in [7, 11) is 0. The monoisotopic (exact) mass is 353 g/mol. The third-order valence-electron chi connectivity index (χ3n) is 5.01. The predicted molar refractivity (Wildman–Crippen MR) is 95.7 cm³/mol. The summed E-state index contributed by atoms with van der Waals surface area (Å²) in [5.74, 6) is 0.776. The molecule has 1 saturated heterocycles. The van der Waals surface area contributed by atoms with Crippen LogP contribution < -0.4 is 0 Å². The highest BCUT2D eigenvalue weighted by molar-refractivity contribution is 5.96. The molecule has 0 unspecified atom stereocenters. The van der Waals surface area contributed by atoms with Crippen LogP contribution in [0.1, 0.15) is 51.7 Å². The average molecular weight is 353 g/mol. The minimum atomic E-state index is -0.194. The fourth-order valence-electron chi connectivity index (χ4n) is 3.63. The summed E-state index contributed by atoms with van der Waals surface area (Å²) in [4.78, 5) is 32.8. The Morgan fingerprint density at radius 1 is 1.19 bits per heavy atom. The predicted octanol–water partition coefficient (Wildman–Crippen LogP) is 2.65. The number of aromatic nitrogens is 1. The summed E-state index contributed by atoms with van der Waals surface area (Å²) in [5, 5.41) is 0. The van der Waals surface area contributed by atoms with Crippen molar-refractivity contribution in [3.63, 3.8) is 0 Å². The molecular formula is C20H23N3O3. The van der Waals surface area contributed by atoms with Gasteiger partial charge in [-0.05, 0) is 32.3 Å². The molecule has 2 aromatic rings. The Labute approximate surface area is 152 Å². The van der Waals surface area contributed by atoms with Crippen molar-refractivity contribution in [2.45, 2.75) is 39.2 Å². The van der Waals surface area contributed by atoms with Crippen LogP contribution in [0.25, 0.3) is 0 Å². The van der Waals surface area contributed by atoms with Gasteiger partial charge in [0.15, 0.2) is 12.1 Å². The molecule has 0 atom stereocenters. The Morgan fingerprint density at radius 2 is 1.92 bits per heavy atom. The van der Waals surface area contributed by atoms with Crippen LogP contribution in [0.4, 0.5) is 0 Å². The van der Waals surface area contributed by atoms with Crippen molar-refractivity contribution in [1.82, 2.24) is 14.8 Å². The van der Waals surface area contributed by atoms with Crippen LogP contribution in [0.15, 0.2) is 29.0 Å². The zero-order chi connectivity index (χ0) is 18.3. The fourth-order valence-corrected chi connectivity index (χ4v) is 3.63. The molecule has 0 N–H and O–H groups in total. The van der Waals surface area contributed by atoms with E-state index in [1.807, 2.05) is 4.90 Å². The molecule has 0 bridgehead atoms. The van der Waals surface area contributed by atoms with Gasteiger partial charge in [-0.1, -0.05) is 29.3 Å². The molecule has 0 radical (unpaired) electrons. The van der Waals surface area contributed by atoms with Gasteiger partial charge in [-0.2, -0.15) is 0 Å². The van der Waals surface area contributed by atoms with E-state index in [0.717, 1.165) is 18.4 Å². The number of hydrogen-bond acceptors (Lipinski definition) is 4. The molecule has 2 aliphatic rings. The van der Waals surface area contributed by atoms with Gasteiger partial charge in [0, 0.05) is 25.6 Å². The molecule has 1 aliphatic heterocycles. The topological polar surface area (TPSA) is 66.7 Å². The number of rotatable bonds is 4. The Kier molecular flexibility index (Phi) is 4.26. The molecule has 4 rings (SSSR count). The van der Waals surface area contributed by atoms with E-state index in [4.69, 9.17) is 4.42 Å². The van der Waals surface area contributed by atoms with Crippen molar-refractivity contribution in [3.8, 4) is 0 Å². The molecule has 6 nitrogen and oxygen atoms in total. The number of benzene rings is 1. The molecule has 2 heterocycles. The minimum Gasteiger partial charge on any atom is -0.447 e. The van der Waals surface area contributed by atoms with Gasteiger partial charge < -0.3 is 14.2 Å². The number of amides is 2. The van der Waals surface area contributed by atoms with Crippen molar-refractivity contribution >= 4 is 11.8 Å². The van der Waals surface area contributed by atoms with Crippen molar-refractivity contribution < 1.29 is 14.0 Å². The molecule has 0 spiro atoms. The van der Waals surface area contributed by atoms with E-state index in [1.54, 1.807) is 4.90 Å². The van der Waals surface area contributed by atoms with E-state index < -0.39 is 0 Å². The Bertz CT molecular complexity index is 833. The zero-order valence-corrected chi connectivity index (χ0v) is 15.2. The molecule has 2 fully saturated rings. The van der Waals surface area contributed by atoms with Crippen LogP contribution in [-0.2, 0) is 11.3 Å². The minimum absolute atomic E-state index is 0.0276. The lowest BCUT2D eigenvalue weighted by molar-refractivity contribution is -0.135. The first-order valence-corrected chi connectivity index (χ1v) is 9.09. The van der Waals surface area contributed by atoms with E-state index in [-0.39, 0.29) is 18.4 Å². The zero-order valence-electron chi connectivity index (χ0n) is 15.2. The number of hydrogen-bond donors (Lipinski definition) is 0. The van der Waals surface area contributed by atoms with Gasteiger partial charge in [-0.25, -0.2) is 4.98 Å². The number of carbonyl (C=O) groups excluding carboxylic acids is 2. The molecule has 1 aromatic heterocycles. The maximum atomic E-state index is 12.7. The van der Waals surface area contributed by atoms with Crippen molar-refractivity contribution in [2.75, 3.05) is 19.6 Å². The first-order valence-electron chi connectivity index (χ1n) is 9.09. The number of piperazine rings is 1. The summed E-state index contributed by atoms with van der Waals surface area (Å²) in [5.41, 5.74) is 3.89. The van der Waals surface area contributed by atoms with E-state index in [9.17, 15) is 9.59 Å². The van der Waals surface area contributed by atoms with Crippen LogP contribution in [0, 0.1) is 13.8 Å². The lowest BCUT2D eigenvalue weighted by Crippen LogP contribution is -2.52. The molecule has 1 saturated carbocycles. The van der Waals surface area contributed by atoms with Gasteiger partial charge in [0.1, 0.15) is 12.3 Å². The standard InChI is InChI=1S/C20H23N3O3/c1-13-7-14(2)9-15(8-13)10-22-5-6-23(11-17(22)24)20(25)18-19(16-3-4-16)26-12-21-18/h7-9,12,16H,3-6,10-11H2,1-2H3. The highest BCUT2D eigenvalue weighted by Gasteiger charge is 2.35. The van der Waals surface area contributed by atoms with Gasteiger partial charge in [-0.3, -0.25) is 9.59 Å². The largest absolute Gasteiger partial charge is 0.447 e. The molecule has 2 amide bonds. The van der Waals surface area contributed by atoms with Gasteiger partial charge in [-0.15, -0.1) is 0 Å². The lowest BCUT2D eigenvalue weighted by atomic mass is 10.1. The van der Waals surface area contributed by atoms with Crippen LogP contribution in [0.3, 0.4) is 0 Å². The second kappa shape index (κ2) is 6.59. The molecule has 1 aliphatic carbocycles. The molecule has 136 valence electrons. The van der Waals surface area contributed by atoms with Gasteiger partial charge >= 0.3 is 0 Å². The van der Waals surface area contributed by atoms with Gasteiger partial charge in [0.05, 0.1) is 0 Å². The Balaban J connectivity index is 1.42. The number of nitrogens with zero attached hydrogens (tertiary/aromatic N) is 3. The first kappa shape index (κ1) is 16.8. The van der Waals surface area contributed by atoms with E-state index in [2.05, 4.69) is 37.0 Å². The Hall–Kier alpha value is -2.63. The smallest absolute Gasteiger partial charge is 0.276 e. The van der Waals surface area contributed by atoms with Crippen LogP contribution in [0.2, 0.25) is 0 Å². The first-order chi connectivity index (χ1) is 12.5. The maximum absolute atomic E-state index is 12.7. The molecular weight excluding hydrogens is 330 g/mol. The van der Waals surface area contributed by atoms with Crippen molar-refractivity contribution in [1.29, 1.82) is 0 Å². The fraction of sp³-hybridized carbons (Fsp3) is 0.450. The maximum Gasteiger partial charge on any atom is 0.276 e. The van der Waals surface area contributed by atoms with E-state index in [0.29, 0.717) is 37.0 Å². The van der Waals surface area contributed by atoms with Gasteiger partial charge in [0.2, 0.25) is 5.91 Å². The quantitative estimate of drug-likeness (QED) is 0.847. The van der Waals surface area contributed by atoms with Crippen LogP contribution in [-0.4, -0.2) is 46.2 Å². The van der Waals surface area contributed by atoms with Crippen LogP contribution >= 0.6 is 0 Å². The third kappa shape index (κ3) is 3.36. The second-order valence-corrected chi connectivity index (χ2v) is 7.38. The lowest BCUT2D eigenvalue weighted by Gasteiger charge is -2.34. The Morgan fingerprint density at radius 3 is 2.58 bits per heavy atom. The third-order valence-corrected chi connectivity index (χ3v) is 5.01. The average Bonchev–Trinajstić information content (AvgIpc) is 3.32. The number of oxazole rings is 1. The summed E-state index contributed by atoms with van der Waals surface area (Å²) in [6.07, 6.45) is 3.41. The van der Waals surface area contributed by atoms with Crippen LogP contribution in [0.5, 0.6) is 0 Å². The number of carbonyl (C=O) groups is 2. The highest BCUT2D eigenvalue weighted by atomic mass is 16.3.